The highest BCUT2D eigenvalue weighted by molar-refractivity contribution is 5.99. The summed E-state index contributed by atoms with van der Waals surface area (Å²) in [7, 11) is 0. The van der Waals surface area contributed by atoms with Gasteiger partial charge in [-0.15, -0.1) is 0 Å². The molecule has 0 spiro atoms. The maximum absolute atomic E-state index is 12.6. The number of aryl methyl sites for hydroxylation is 3. The Morgan fingerprint density at radius 1 is 1.18 bits per heavy atom. The molecule has 4 rings (SSSR count). The molecular formula is C21H21N5O2. The van der Waals surface area contributed by atoms with Gasteiger partial charge in [0.05, 0.1) is 12.4 Å². The highest BCUT2D eigenvalue weighted by Gasteiger charge is 2.15. The Labute approximate surface area is 162 Å². The van der Waals surface area contributed by atoms with E-state index in [1.165, 1.54) is 12.0 Å². The molecule has 0 saturated carbocycles. The van der Waals surface area contributed by atoms with E-state index in [9.17, 15) is 4.79 Å². The first-order chi connectivity index (χ1) is 13.5. The van der Waals surface area contributed by atoms with Crippen molar-refractivity contribution < 1.29 is 9.21 Å². The number of oxazole rings is 1. The minimum atomic E-state index is -0.163. The number of carbonyl (C=O) groups is 1. The number of carbonyl (C=O) groups excluding carboxylic acids is 1. The third-order valence-electron chi connectivity index (χ3n) is 4.76. The van der Waals surface area contributed by atoms with Gasteiger partial charge in [-0.25, -0.2) is 14.5 Å². The number of hydrogen-bond acceptors (Lipinski definition) is 5. The lowest BCUT2D eigenvalue weighted by atomic mass is 10.0. The molecule has 1 aromatic carbocycles. The largest absolute Gasteiger partial charge is 0.444 e. The van der Waals surface area contributed by atoms with E-state index in [-0.39, 0.29) is 5.91 Å². The van der Waals surface area contributed by atoms with Gasteiger partial charge in [0.25, 0.3) is 5.91 Å². The summed E-state index contributed by atoms with van der Waals surface area (Å²) in [6.45, 7) is 6.44. The van der Waals surface area contributed by atoms with Crippen molar-refractivity contribution in [2.45, 2.75) is 27.2 Å². The molecule has 1 N–H and O–H groups in total. The molecule has 3 heterocycles. The smallest absolute Gasteiger partial charge is 0.256 e. The van der Waals surface area contributed by atoms with Crippen molar-refractivity contribution in [3.05, 3.63) is 71.1 Å². The van der Waals surface area contributed by atoms with Crippen LogP contribution < -0.4 is 5.32 Å². The van der Waals surface area contributed by atoms with E-state index in [4.69, 9.17) is 4.42 Å². The molecule has 0 aliphatic heterocycles. The first-order valence-electron chi connectivity index (χ1n) is 9.11. The summed E-state index contributed by atoms with van der Waals surface area (Å²) in [6, 6.07) is 8.07. The van der Waals surface area contributed by atoms with Crippen molar-refractivity contribution >= 4 is 11.6 Å². The summed E-state index contributed by atoms with van der Waals surface area (Å²) in [5, 5.41) is 7.25. The van der Waals surface area contributed by atoms with Gasteiger partial charge in [0.1, 0.15) is 5.56 Å². The van der Waals surface area contributed by atoms with E-state index in [1.54, 1.807) is 16.9 Å². The molecule has 0 atom stereocenters. The molecule has 0 radical (unpaired) electrons. The second-order valence-corrected chi connectivity index (χ2v) is 6.85. The Kier molecular flexibility index (Phi) is 4.65. The zero-order valence-corrected chi connectivity index (χ0v) is 16.1. The fraction of sp³-hybridized carbons (Fsp3) is 0.238. The van der Waals surface area contributed by atoms with Crippen LogP contribution in [0, 0.1) is 20.8 Å². The van der Waals surface area contributed by atoms with Crippen LogP contribution in [0.1, 0.15) is 32.9 Å². The Hall–Kier alpha value is -3.48. The third kappa shape index (κ3) is 3.38. The number of fused-ring (bicyclic) bond motifs is 1. The summed E-state index contributed by atoms with van der Waals surface area (Å²) in [5.74, 6) is 0.581. The van der Waals surface area contributed by atoms with Crippen LogP contribution in [-0.4, -0.2) is 32.0 Å². The molecule has 28 heavy (non-hydrogen) atoms. The van der Waals surface area contributed by atoms with Crippen molar-refractivity contribution in [2.24, 2.45) is 0 Å². The zero-order valence-electron chi connectivity index (χ0n) is 16.1. The summed E-state index contributed by atoms with van der Waals surface area (Å²) in [6.07, 6.45) is 5.43. The molecule has 3 aromatic heterocycles. The van der Waals surface area contributed by atoms with Gasteiger partial charge < -0.3 is 9.73 Å². The second-order valence-electron chi connectivity index (χ2n) is 6.85. The van der Waals surface area contributed by atoms with E-state index in [0.29, 0.717) is 17.8 Å². The topological polar surface area (TPSA) is 85.3 Å². The highest BCUT2D eigenvalue weighted by atomic mass is 16.3. The van der Waals surface area contributed by atoms with Gasteiger partial charge in [-0.2, -0.15) is 5.10 Å². The molecule has 0 saturated heterocycles. The Morgan fingerprint density at radius 3 is 2.79 bits per heavy atom. The van der Waals surface area contributed by atoms with Gasteiger partial charge in [0.15, 0.2) is 17.8 Å². The Balaban J connectivity index is 1.44. The lowest BCUT2D eigenvalue weighted by Crippen LogP contribution is -2.26. The van der Waals surface area contributed by atoms with Gasteiger partial charge in [-0.3, -0.25) is 4.79 Å². The molecule has 7 heteroatoms. The van der Waals surface area contributed by atoms with Gasteiger partial charge in [-0.1, -0.05) is 12.1 Å². The van der Waals surface area contributed by atoms with Crippen LogP contribution in [0.4, 0.5) is 0 Å². The van der Waals surface area contributed by atoms with E-state index >= 15 is 0 Å². The number of nitrogens with one attached hydrogen (secondary N) is 1. The maximum Gasteiger partial charge on any atom is 0.256 e. The number of rotatable bonds is 5. The predicted molar refractivity (Wildman–Crippen MR) is 105 cm³/mol. The van der Waals surface area contributed by atoms with Crippen LogP contribution in [0.2, 0.25) is 0 Å². The third-order valence-corrected chi connectivity index (χ3v) is 4.76. The predicted octanol–water partition coefficient (Wildman–Crippen LogP) is 3.28. The van der Waals surface area contributed by atoms with Gasteiger partial charge in [0.2, 0.25) is 0 Å². The molecule has 142 valence electrons. The SMILES string of the molecule is Cc1cc(C)n2ncc(C(=O)NCCc3ccc(-c4cnco4)cc3C)c2n1. The number of aromatic nitrogens is 4. The van der Waals surface area contributed by atoms with Gasteiger partial charge in [0, 0.05) is 23.5 Å². The molecular weight excluding hydrogens is 354 g/mol. The number of benzene rings is 1. The quantitative estimate of drug-likeness (QED) is 0.579. The average Bonchev–Trinajstić information content (AvgIpc) is 3.32. The van der Waals surface area contributed by atoms with E-state index in [1.807, 2.05) is 26.0 Å². The molecule has 7 nitrogen and oxygen atoms in total. The lowest BCUT2D eigenvalue weighted by molar-refractivity contribution is 0.0955. The number of hydrogen-bond donors (Lipinski definition) is 1. The van der Waals surface area contributed by atoms with Crippen molar-refractivity contribution in [3.63, 3.8) is 0 Å². The summed E-state index contributed by atoms with van der Waals surface area (Å²) in [5.41, 5.74) is 6.20. The lowest BCUT2D eigenvalue weighted by Gasteiger charge is -2.09. The standard InChI is InChI=1S/C21H21N5O2/c1-13-8-17(19-11-22-12-28-19)5-4-16(13)6-7-23-21(27)18-10-24-26-15(3)9-14(2)25-20(18)26/h4-5,8-12H,6-7H2,1-3H3,(H,23,27). The number of nitrogens with zero attached hydrogens (tertiary/aromatic N) is 4. The first-order valence-corrected chi connectivity index (χ1v) is 9.11. The molecule has 0 unspecified atom stereocenters. The van der Waals surface area contributed by atoms with Crippen LogP contribution in [0.3, 0.4) is 0 Å². The molecule has 0 fully saturated rings. The zero-order chi connectivity index (χ0) is 19.7. The summed E-state index contributed by atoms with van der Waals surface area (Å²) in [4.78, 5) is 21.0. The van der Waals surface area contributed by atoms with Crippen molar-refractivity contribution in [1.29, 1.82) is 0 Å². The second kappa shape index (κ2) is 7.26. The highest BCUT2D eigenvalue weighted by Crippen LogP contribution is 2.22. The molecule has 0 bridgehead atoms. The van der Waals surface area contributed by atoms with Crippen molar-refractivity contribution in [3.8, 4) is 11.3 Å². The Bertz CT molecular complexity index is 1150. The first kappa shape index (κ1) is 17.9. The summed E-state index contributed by atoms with van der Waals surface area (Å²) >= 11 is 0. The minimum Gasteiger partial charge on any atom is -0.444 e. The van der Waals surface area contributed by atoms with Crippen LogP contribution in [-0.2, 0) is 6.42 Å². The van der Waals surface area contributed by atoms with Crippen molar-refractivity contribution in [1.82, 2.24) is 24.9 Å². The maximum atomic E-state index is 12.6. The molecule has 0 aliphatic carbocycles. The number of amides is 1. The van der Waals surface area contributed by atoms with Crippen LogP contribution in [0.15, 0.2) is 47.5 Å². The monoisotopic (exact) mass is 375 g/mol. The van der Waals surface area contributed by atoms with Gasteiger partial charge >= 0.3 is 0 Å². The average molecular weight is 375 g/mol. The molecule has 4 aromatic rings. The van der Waals surface area contributed by atoms with E-state index in [0.717, 1.165) is 34.7 Å². The van der Waals surface area contributed by atoms with E-state index < -0.39 is 0 Å². The fourth-order valence-electron chi connectivity index (χ4n) is 3.32. The minimum absolute atomic E-state index is 0.163. The van der Waals surface area contributed by atoms with Crippen LogP contribution in [0.5, 0.6) is 0 Å². The van der Waals surface area contributed by atoms with Crippen LogP contribution >= 0.6 is 0 Å². The fourth-order valence-corrected chi connectivity index (χ4v) is 3.32. The van der Waals surface area contributed by atoms with E-state index in [2.05, 4.69) is 39.4 Å². The Morgan fingerprint density at radius 2 is 2.04 bits per heavy atom. The molecule has 0 aliphatic rings. The van der Waals surface area contributed by atoms with Crippen molar-refractivity contribution in [2.75, 3.05) is 6.54 Å². The molecule has 1 amide bonds. The van der Waals surface area contributed by atoms with Gasteiger partial charge in [-0.05, 0) is 50.5 Å². The van der Waals surface area contributed by atoms with Crippen LogP contribution in [0.25, 0.3) is 17.0 Å². The normalized spacial score (nSPS) is 11.1. The summed E-state index contributed by atoms with van der Waals surface area (Å²) < 4.78 is 7.03.